The van der Waals surface area contributed by atoms with E-state index in [1.54, 1.807) is 18.6 Å². The number of aromatic nitrogens is 2. The molecule has 2 aromatic rings. The third kappa shape index (κ3) is 2.39. The fourth-order valence-corrected chi connectivity index (χ4v) is 1.41. The van der Waals surface area contributed by atoms with Gasteiger partial charge >= 0.3 is 0 Å². The van der Waals surface area contributed by atoms with Gasteiger partial charge in [0, 0.05) is 18.1 Å². The van der Waals surface area contributed by atoms with Crippen molar-refractivity contribution < 1.29 is 0 Å². The Morgan fingerprint density at radius 3 is 2.41 bits per heavy atom. The molecule has 80 valence electrons. The molecule has 1 heterocycles. The molecule has 2 rings (SSSR count). The highest BCUT2D eigenvalue weighted by molar-refractivity contribution is 5.62. The SMILES string of the molecule is N#CC(C#N)=Cc1ccc(-n2ccnc2)cc1. The minimum atomic E-state index is 0.0976. The van der Waals surface area contributed by atoms with E-state index >= 15 is 0 Å². The van der Waals surface area contributed by atoms with E-state index in [0.717, 1.165) is 11.3 Å². The third-order valence-electron chi connectivity index (χ3n) is 2.25. The molecule has 0 spiro atoms. The molecule has 0 aliphatic carbocycles. The Morgan fingerprint density at radius 1 is 1.18 bits per heavy atom. The zero-order chi connectivity index (χ0) is 12.1. The van der Waals surface area contributed by atoms with E-state index in [9.17, 15) is 0 Å². The highest BCUT2D eigenvalue weighted by Gasteiger charge is 1.96. The first kappa shape index (κ1) is 10.7. The summed E-state index contributed by atoms with van der Waals surface area (Å²) in [6.45, 7) is 0. The third-order valence-corrected chi connectivity index (χ3v) is 2.25. The molecular weight excluding hydrogens is 212 g/mol. The summed E-state index contributed by atoms with van der Waals surface area (Å²) in [4.78, 5) is 3.96. The molecule has 0 saturated carbocycles. The van der Waals surface area contributed by atoms with Crippen molar-refractivity contribution >= 4 is 6.08 Å². The lowest BCUT2D eigenvalue weighted by Crippen LogP contribution is -1.89. The molecule has 0 fully saturated rings. The molecule has 17 heavy (non-hydrogen) atoms. The van der Waals surface area contributed by atoms with E-state index in [0.29, 0.717) is 0 Å². The number of allylic oxidation sites excluding steroid dienone is 1. The summed E-state index contributed by atoms with van der Waals surface area (Å²) in [5.74, 6) is 0. The molecule has 0 atom stereocenters. The second-order valence-electron chi connectivity index (χ2n) is 3.34. The van der Waals surface area contributed by atoms with Crippen LogP contribution in [0.5, 0.6) is 0 Å². The Balaban J connectivity index is 2.29. The van der Waals surface area contributed by atoms with Gasteiger partial charge in [-0.2, -0.15) is 10.5 Å². The summed E-state index contributed by atoms with van der Waals surface area (Å²) >= 11 is 0. The van der Waals surface area contributed by atoms with Crippen LogP contribution in [0.25, 0.3) is 11.8 Å². The van der Waals surface area contributed by atoms with Crippen molar-refractivity contribution in [3.05, 3.63) is 54.1 Å². The van der Waals surface area contributed by atoms with E-state index < -0.39 is 0 Å². The van der Waals surface area contributed by atoms with Crippen LogP contribution in [0.4, 0.5) is 0 Å². The maximum absolute atomic E-state index is 8.64. The summed E-state index contributed by atoms with van der Waals surface area (Å²) in [5, 5.41) is 17.3. The van der Waals surface area contributed by atoms with E-state index in [-0.39, 0.29) is 5.57 Å². The predicted octanol–water partition coefficient (Wildman–Crippen LogP) is 2.30. The van der Waals surface area contributed by atoms with E-state index in [1.165, 1.54) is 0 Å². The normalized spacial score (nSPS) is 9.06. The standard InChI is InChI=1S/C13H8N4/c14-8-12(9-15)7-11-1-3-13(4-2-11)17-6-5-16-10-17/h1-7,10H. The van der Waals surface area contributed by atoms with Crippen LogP contribution in [0.15, 0.2) is 48.6 Å². The highest BCUT2D eigenvalue weighted by atomic mass is 15.0. The van der Waals surface area contributed by atoms with Gasteiger partial charge in [0.15, 0.2) is 0 Å². The average Bonchev–Trinajstić information content (AvgIpc) is 2.90. The molecule has 0 radical (unpaired) electrons. The Hall–Kier alpha value is -2.85. The van der Waals surface area contributed by atoms with Gasteiger partial charge in [0.2, 0.25) is 0 Å². The van der Waals surface area contributed by atoms with Crippen molar-refractivity contribution in [3.8, 4) is 17.8 Å². The number of nitrogens with zero attached hydrogens (tertiary/aromatic N) is 4. The van der Waals surface area contributed by atoms with Crippen molar-refractivity contribution in [2.75, 3.05) is 0 Å². The molecule has 0 aliphatic rings. The van der Waals surface area contributed by atoms with Gasteiger partial charge in [0.25, 0.3) is 0 Å². The Labute approximate surface area is 98.7 Å². The molecule has 1 aromatic carbocycles. The average molecular weight is 220 g/mol. The van der Waals surface area contributed by atoms with Gasteiger partial charge in [-0.1, -0.05) is 12.1 Å². The lowest BCUT2D eigenvalue weighted by Gasteiger charge is -2.01. The van der Waals surface area contributed by atoms with Crippen molar-refractivity contribution in [1.29, 1.82) is 10.5 Å². The summed E-state index contributed by atoms with van der Waals surface area (Å²) in [5.41, 5.74) is 1.91. The van der Waals surface area contributed by atoms with Gasteiger partial charge in [-0.3, -0.25) is 0 Å². The largest absolute Gasteiger partial charge is 0.306 e. The number of hydrogen-bond acceptors (Lipinski definition) is 3. The van der Waals surface area contributed by atoms with Crippen LogP contribution in [-0.4, -0.2) is 9.55 Å². The number of rotatable bonds is 2. The van der Waals surface area contributed by atoms with Crippen LogP contribution >= 0.6 is 0 Å². The highest BCUT2D eigenvalue weighted by Crippen LogP contribution is 2.11. The van der Waals surface area contributed by atoms with E-state index in [4.69, 9.17) is 10.5 Å². The van der Waals surface area contributed by atoms with Gasteiger partial charge in [0.1, 0.15) is 17.7 Å². The second-order valence-corrected chi connectivity index (χ2v) is 3.34. The van der Waals surface area contributed by atoms with Crippen molar-refractivity contribution in [1.82, 2.24) is 9.55 Å². The maximum atomic E-state index is 8.64. The quantitative estimate of drug-likeness (QED) is 0.729. The first-order chi connectivity index (χ1) is 8.33. The maximum Gasteiger partial charge on any atom is 0.130 e. The topological polar surface area (TPSA) is 65.4 Å². The molecule has 4 nitrogen and oxygen atoms in total. The predicted molar refractivity (Wildman–Crippen MR) is 62.8 cm³/mol. The summed E-state index contributed by atoms with van der Waals surface area (Å²) in [6.07, 6.45) is 6.82. The van der Waals surface area contributed by atoms with E-state index in [1.807, 2.05) is 47.2 Å². The summed E-state index contributed by atoms with van der Waals surface area (Å²) in [6, 6.07) is 11.2. The first-order valence-corrected chi connectivity index (χ1v) is 4.94. The van der Waals surface area contributed by atoms with Crippen molar-refractivity contribution in [2.45, 2.75) is 0 Å². The molecular formula is C13H8N4. The number of imidazole rings is 1. The molecule has 0 aliphatic heterocycles. The molecule has 0 amide bonds. The minimum absolute atomic E-state index is 0.0976. The van der Waals surface area contributed by atoms with Gasteiger partial charge in [-0.05, 0) is 23.8 Å². The van der Waals surface area contributed by atoms with Gasteiger partial charge < -0.3 is 4.57 Å². The first-order valence-electron chi connectivity index (χ1n) is 4.94. The molecule has 0 saturated heterocycles. The smallest absolute Gasteiger partial charge is 0.130 e. The van der Waals surface area contributed by atoms with Crippen LogP contribution in [0.2, 0.25) is 0 Å². The van der Waals surface area contributed by atoms with Crippen molar-refractivity contribution in [3.63, 3.8) is 0 Å². The number of benzene rings is 1. The Bertz CT molecular complexity index is 591. The van der Waals surface area contributed by atoms with Crippen LogP contribution in [0, 0.1) is 22.7 Å². The van der Waals surface area contributed by atoms with Crippen LogP contribution in [0.1, 0.15) is 5.56 Å². The second kappa shape index (κ2) is 4.78. The van der Waals surface area contributed by atoms with Crippen molar-refractivity contribution in [2.24, 2.45) is 0 Å². The van der Waals surface area contributed by atoms with Gasteiger partial charge in [0.05, 0.1) is 6.33 Å². The fourth-order valence-electron chi connectivity index (χ4n) is 1.41. The number of nitriles is 2. The Morgan fingerprint density at radius 2 is 1.88 bits per heavy atom. The summed E-state index contributed by atoms with van der Waals surface area (Å²) in [7, 11) is 0. The lowest BCUT2D eigenvalue weighted by molar-refractivity contribution is 1.06. The molecule has 1 aromatic heterocycles. The zero-order valence-electron chi connectivity index (χ0n) is 8.91. The summed E-state index contributed by atoms with van der Waals surface area (Å²) < 4.78 is 1.88. The zero-order valence-corrected chi connectivity index (χ0v) is 8.91. The fraction of sp³-hybridized carbons (Fsp3) is 0. The van der Waals surface area contributed by atoms with Gasteiger partial charge in [-0.25, -0.2) is 4.98 Å². The van der Waals surface area contributed by atoms with Crippen LogP contribution in [0.3, 0.4) is 0 Å². The lowest BCUT2D eigenvalue weighted by atomic mass is 10.1. The molecule has 0 N–H and O–H groups in total. The molecule has 0 unspecified atom stereocenters. The molecule has 0 bridgehead atoms. The van der Waals surface area contributed by atoms with Crippen LogP contribution in [-0.2, 0) is 0 Å². The molecule has 4 heteroatoms. The number of hydrogen-bond donors (Lipinski definition) is 0. The monoisotopic (exact) mass is 220 g/mol. The van der Waals surface area contributed by atoms with Crippen LogP contribution < -0.4 is 0 Å². The minimum Gasteiger partial charge on any atom is -0.306 e. The van der Waals surface area contributed by atoms with Gasteiger partial charge in [-0.15, -0.1) is 0 Å². The van der Waals surface area contributed by atoms with E-state index in [2.05, 4.69) is 4.98 Å². The Kier molecular flexibility index (Phi) is 3.00.